The van der Waals surface area contributed by atoms with Crippen molar-refractivity contribution in [2.75, 3.05) is 6.54 Å². The van der Waals surface area contributed by atoms with Gasteiger partial charge in [-0.05, 0) is 12.8 Å². The summed E-state index contributed by atoms with van der Waals surface area (Å²) in [5.41, 5.74) is 0. The standard InChI is InChI=1S/C9H20N2O4S/c1-3-5-8(7-9(12)13)11-16(14,15)10-6-4-2/h8,10-11H,3-7H2,1-2H3,(H,12,13). The van der Waals surface area contributed by atoms with Gasteiger partial charge >= 0.3 is 5.97 Å². The van der Waals surface area contributed by atoms with Crippen molar-refractivity contribution in [3.63, 3.8) is 0 Å². The summed E-state index contributed by atoms with van der Waals surface area (Å²) in [7, 11) is -3.57. The molecule has 6 nitrogen and oxygen atoms in total. The second-order valence-electron chi connectivity index (χ2n) is 3.60. The van der Waals surface area contributed by atoms with E-state index in [1.807, 2.05) is 13.8 Å². The minimum absolute atomic E-state index is 0.194. The first-order chi connectivity index (χ1) is 7.41. The second-order valence-corrected chi connectivity index (χ2v) is 5.13. The first kappa shape index (κ1) is 15.3. The number of nitrogens with one attached hydrogen (secondary N) is 2. The summed E-state index contributed by atoms with van der Waals surface area (Å²) in [6.45, 7) is 4.08. The summed E-state index contributed by atoms with van der Waals surface area (Å²) in [5, 5.41) is 8.63. The molecule has 0 aromatic heterocycles. The molecule has 0 heterocycles. The Balaban J connectivity index is 4.31. The summed E-state index contributed by atoms with van der Waals surface area (Å²) >= 11 is 0. The average molecular weight is 252 g/mol. The summed E-state index contributed by atoms with van der Waals surface area (Å²) in [5.74, 6) is -1.00. The molecule has 1 unspecified atom stereocenters. The summed E-state index contributed by atoms with van der Waals surface area (Å²) < 4.78 is 27.6. The van der Waals surface area contributed by atoms with Gasteiger partial charge in [-0.1, -0.05) is 20.3 Å². The van der Waals surface area contributed by atoms with Gasteiger partial charge in [-0.2, -0.15) is 13.1 Å². The van der Waals surface area contributed by atoms with E-state index in [2.05, 4.69) is 9.44 Å². The van der Waals surface area contributed by atoms with Gasteiger partial charge in [0, 0.05) is 12.6 Å². The van der Waals surface area contributed by atoms with Gasteiger partial charge in [-0.3, -0.25) is 4.79 Å². The van der Waals surface area contributed by atoms with Crippen LogP contribution in [0.4, 0.5) is 0 Å². The summed E-state index contributed by atoms with van der Waals surface area (Å²) in [4.78, 5) is 10.5. The molecule has 3 N–H and O–H groups in total. The Morgan fingerprint density at radius 2 is 1.94 bits per heavy atom. The van der Waals surface area contributed by atoms with Gasteiger partial charge in [0.25, 0.3) is 10.2 Å². The molecule has 0 rings (SSSR count). The van der Waals surface area contributed by atoms with Crippen molar-refractivity contribution in [1.29, 1.82) is 0 Å². The molecule has 0 fully saturated rings. The first-order valence-corrected chi connectivity index (χ1v) is 6.88. The van der Waals surface area contributed by atoms with E-state index in [0.717, 1.165) is 6.42 Å². The normalized spacial score (nSPS) is 13.6. The Kier molecular flexibility index (Phi) is 7.27. The molecule has 1 atom stereocenters. The maximum Gasteiger partial charge on any atom is 0.304 e. The molecule has 0 aliphatic heterocycles. The Hall–Kier alpha value is -0.660. The van der Waals surface area contributed by atoms with Gasteiger partial charge in [0.15, 0.2) is 0 Å². The molecule has 0 bridgehead atoms. The molecule has 0 radical (unpaired) electrons. The largest absolute Gasteiger partial charge is 0.481 e. The molecule has 0 aliphatic rings. The number of carboxylic acids is 1. The highest BCUT2D eigenvalue weighted by Crippen LogP contribution is 2.03. The van der Waals surface area contributed by atoms with Crippen molar-refractivity contribution in [3.05, 3.63) is 0 Å². The highest BCUT2D eigenvalue weighted by molar-refractivity contribution is 7.87. The van der Waals surface area contributed by atoms with Gasteiger partial charge in [-0.15, -0.1) is 0 Å². The Morgan fingerprint density at radius 3 is 2.38 bits per heavy atom. The smallest absolute Gasteiger partial charge is 0.304 e. The predicted octanol–water partition coefficient (Wildman–Crippen LogP) is 0.464. The van der Waals surface area contributed by atoms with Crippen molar-refractivity contribution in [3.8, 4) is 0 Å². The fourth-order valence-electron chi connectivity index (χ4n) is 1.26. The monoisotopic (exact) mass is 252 g/mol. The summed E-state index contributed by atoms with van der Waals surface area (Å²) in [6.07, 6.45) is 1.74. The van der Waals surface area contributed by atoms with Crippen LogP contribution in [0.1, 0.15) is 39.5 Å². The van der Waals surface area contributed by atoms with Crippen LogP contribution in [-0.2, 0) is 15.0 Å². The number of rotatable bonds is 9. The lowest BCUT2D eigenvalue weighted by atomic mass is 10.1. The Bertz CT molecular complexity index is 303. The van der Waals surface area contributed by atoms with Crippen molar-refractivity contribution < 1.29 is 18.3 Å². The van der Waals surface area contributed by atoms with Crippen LogP contribution < -0.4 is 9.44 Å². The highest BCUT2D eigenvalue weighted by atomic mass is 32.2. The fraction of sp³-hybridized carbons (Fsp3) is 0.889. The molecule has 0 spiro atoms. The van der Waals surface area contributed by atoms with Crippen molar-refractivity contribution >= 4 is 16.2 Å². The van der Waals surface area contributed by atoms with E-state index in [0.29, 0.717) is 19.4 Å². The number of aliphatic carboxylic acids is 1. The van der Waals surface area contributed by atoms with Crippen molar-refractivity contribution in [1.82, 2.24) is 9.44 Å². The molecular formula is C9H20N2O4S. The van der Waals surface area contributed by atoms with E-state index >= 15 is 0 Å². The van der Waals surface area contributed by atoms with Gasteiger partial charge in [0.1, 0.15) is 0 Å². The predicted molar refractivity (Wildman–Crippen MR) is 61.3 cm³/mol. The molecule has 7 heteroatoms. The minimum atomic E-state index is -3.57. The van der Waals surface area contributed by atoms with E-state index < -0.39 is 22.2 Å². The molecule has 16 heavy (non-hydrogen) atoms. The van der Waals surface area contributed by atoms with Crippen LogP contribution in [0.25, 0.3) is 0 Å². The molecule has 0 amide bonds. The van der Waals surface area contributed by atoms with Gasteiger partial charge in [0.05, 0.1) is 6.42 Å². The van der Waals surface area contributed by atoms with Gasteiger partial charge in [-0.25, -0.2) is 4.72 Å². The van der Waals surface area contributed by atoms with Gasteiger partial charge in [0.2, 0.25) is 0 Å². The zero-order valence-corrected chi connectivity index (χ0v) is 10.5. The van der Waals surface area contributed by atoms with E-state index in [1.165, 1.54) is 0 Å². The van der Waals surface area contributed by atoms with E-state index in [-0.39, 0.29) is 6.42 Å². The van der Waals surface area contributed by atoms with Crippen LogP contribution in [0.3, 0.4) is 0 Å². The SMILES string of the molecule is CCCNS(=O)(=O)NC(CCC)CC(=O)O. The topological polar surface area (TPSA) is 95.5 Å². The minimum Gasteiger partial charge on any atom is -0.481 e. The zero-order valence-electron chi connectivity index (χ0n) is 9.69. The van der Waals surface area contributed by atoms with Crippen LogP contribution in [0, 0.1) is 0 Å². The first-order valence-electron chi connectivity index (χ1n) is 5.40. The summed E-state index contributed by atoms with van der Waals surface area (Å²) in [6, 6.07) is -0.545. The maximum absolute atomic E-state index is 11.4. The molecule has 0 saturated heterocycles. The van der Waals surface area contributed by atoms with Crippen molar-refractivity contribution in [2.24, 2.45) is 0 Å². The second kappa shape index (κ2) is 7.59. The zero-order chi connectivity index (χ0) is 12.6. The molecule has 0 saturated carbocycles. The highest BCUT2D eigenvalue weighted by Gasteiger charge is 2.18. The maximum atomic E-state index is 11.4. The van der Waals surface area contributed by atoms with E-state index in [9.17, 15) is 13.2 Å². The quantitative estimate of drug-likeness (QED) is 0.555. The Labute approximate surface area is 96.6 Å². The molecule has 96 valence electrons. The number of hydrogen-bond donors (Lipinski definition) is 3. The van der Waals surface area contributed by atoms with Crippen LogP contribution in [0.15, 0.2) is 0 Å². The third-order valence-electron chi connectivity index (χ3n) is 1.92. The lowest BCUT2D eigenvalue weighted by Gasteiger charge is -2.16. The number of carboxylic acid groups (broad SMARTS) is 1. The number of carbonyl (C=O) groups is 1. The molecule has 0 aromatic rings. The average Bonchev–Trinajstić information content (AvgIpc) is 2.13. The molecule has 0 aromatic carbocycles. The van der Waals surface area contributed by atoms with Crippen molar-refractivity contribution in [2.45, 2.75) is 45.6 Å². The lowest BCUT2D eigenvalue weighted by Crippen LogP contribution is -2.43. The van der Waals surface area contributed by atoms with Gasteiger partial charge < -0.3 is 5.11 Å². The van der Waals surface area contributed by atoms with E-state index in [4.69, 9.17) is 5.11 Å². The third-order valence-corrected chi connectivity index (χ3v) is 3.15. The lowest BCUT2D eigenvalue weighted by molar-refractivity contribution is -0.137. The molecule has 0 aliphatic carbocycles. The molecular weight excluding hydrogens is 232 g/mol. The van der Waals surface area contributed by atoms with Crippen LogP contribution in [0.2, 0.25) is 0 Å². The van der Waals surface area contributed by atoms with Crippen LogP contribution in [-0.4, -0.2) is 32.1 Å². The van der Waals surface area contributed by atoms with Crippen LogP contribution in [0.5, 0.6) is 0 Å². The number of hydrogen-bond acceptors (Lipinski definition) is 3. The fourth-order valence-corrected chi connectivity index (χ4v) is 2.46. The Morgan fingerprint density at radius 1 is 1.31 bits per heavy atom. The van der Waals surface area contributed by atoms with E-state index in [1.54, 1.807) is 0 Å². The third kappa shape index (κ3) is 7.61. The van der Waals surface area contributed by atoms with Crippen LogP contribution >= 0.6 is 0 Å².